The summed E-state index contributed by atoms with van der Waals surface area (Å²) >= 11 is 0. The lowest BCUT2D eigenvalue weighted by Crippen LogP contribution is -2.30. The van der Waals surface area contributed by atoms with E-state index in [-0.39, 0.29) is 16.9 Å². The zero-order chi connectivity index (χ0) is 11.8. The first kappa shape index (κ1) is 11.6. The fourth-order valence-electron chi connectivity index (χ4n) is 1.34. The number of hydrogen-bond donors (Lipinski definition) is 2. The maximum Gasteiger partial charge on any atom is 0.209 e. The van der Waals surface area contributed by atoms with E-state index in [1.165, 1.54) is 18.2 Å². The van der Waals surface area contributed by atoms with Gasteiger partial charge in [0.15, 0.2) is 0 Å². The van der Waals surface area contributed by atoms with Gasteiger partial charge in [-0.25, -0.2) is 0 Å². The van der Waals surface area contributed by atoms with E-state index in [2.05, 4.69) is 13.8 Å². The maximum absolute atomic E-state index is 9.66. The van der Waals surface area contributed by atoms with Crippen molar-refractivity contribution in [1.82, 2.24) is 0 Å². The van der Waals surface area contributed by atoms with Gasteiger partial charge in [0, 0.05) is 5.41 Å². The third kappa shape index (κ3) is 2.46. The molecule has 1 aromatic carbocycles. The molecule has 2 N–H and O–H groups in total. The number of aromatic hydroxyl groups is 2. The summed E-state index contributed by atoms with van der Waals surface area (Å²) in [7, 11) is -1.27. The van der Waals surface area contributed by atoms with Gasteiger partial charge in [0.1, 0.15) is 11.5 Å². The molecule has 1 fully saturated rings. The van der Waals surface area contributed by atoms with Gasteiger partial charge in [-0.3, -0.25) is 0 Å². The topological polar surface area (TPSA) is 58.9 Å². The summed E-state index contributed by atoms with van der Waals surface area (Å²) in [5, 5.41) is 19.6. The van der Waals surface area contributed by atoms with E-state index >= 15 is 0 Å². The Morgan fingerprint density at radius 1 is 1.19 bits per heavy atom. The molecule has 1 aliphatic heterocycles. The number of rotatable bonds is 1. The third-order valence-electron chi connectivity index (χ3n) is 2.30. The first-order valence-electron chi connectivity index (χ1n) is 5.06. The summed E-state index contributed by atoms with van der Waals surface area (Å²) in [5.41, 5.74) is 0.00524. The lowest BCUT2D eigenvalue weighted by atomic mass is 9.97. The second-order valence-electron chi connectivity index (χ2n) is 4.64. The van der Waals surface area contributed by atoms with Crippen LogP contribution in [0.1, 0.15) is 13.8 Å². The molecule has 1 heterocycles. The molecule has 0 aliphatic carbocycles. The number of hydrogen-bond acceptors (Lipinski definition) is 4. The molecule has 16 heavy (non-hydrogen) atoms. The predicted octanol–water partition coefficient (Wildman–Crippen LogP) is 2.11. The van der Waals surface area contributed by atoms with Crippen LogP contribution in [0.25, 0.3) is 0 Å². The minimum Gasteiger partial charge on any atom is -0.508 e. The van der Waals surface area contributed by atoms with Gasteiger partial charge in [-0.1, -0.05) is 13.8 Å². The van der Waals surface area contributed by atoms with Crippen LogP contribution in [-0.2, 0) is 9.05 Å². The van der Waals surface area contributed by atoms with Crippen LogP contribution in [-0.4, -0.2) is 23.4 Å². The highest BCUT2D eigenvalue weighted by Gasteiger charge is 2.31. The molecule has 88 valence electrons. The van der Waals surface area contributed by atoms with Crippen LogP contribution in [0.3, 0.4) is 0 Å². The van der Waals surface area contributed by atoms with Crippen molar-refractivity contribution in [2.45, 2.75) is 13.8 Å². The lowest BCUT2D eigenvalue weighted by Gasteiger charge is -2.33. The van der Waals surface area contributed by atoms with Crippen molar-refractivity contribution >= 4 is 13.7 Å². The van der Waals surface area contributed by atoms with Crippen molar-refractivity contribution in [2.75, 3.05) is 13.2 Å². The molecule has 0 spiro atoms. The summed E-state index contributed by atoms with van der Waals surface area (Å²) in [5.74, 6) is 0.205. The SMILES string of the molecule is CC1(C)COP(c2cc(O)ccc2O)OC1. The van der Waals surface area contributed by atoms with Crippen LogP contribution in [0.5, 0.6) is 11.5 Å². The number of benzene rings is 1. The van der Waals surface area contributed by atoms with Crippen molar-refractivity contribution < 1.29 is 19.3 Å². The minimum atomic E-state index is -1.27. The molecule has 1 aliphatic rings. The van der Waals surface area contributed by atoms with Gasteiger partial charge < -0.3 is 19.3 Å². The van der Waals surface area contributed by atoms with E-state index in [1.807, 2.05) is 0 Å². The Labute approximate surface area is 95.7 Å². The maximum atomic E-state index is 9.66. The molecule has 5 heteroatoms. The highest BCUT2D eigenvalue weighted by molar-refractivity contribution is 7.56. The van der Waals surface area contributed by atoms with Crippen molar-refractivity contribution in [3.63, 3.8) is 0 Å². The molecule has 0 unspecified atom stereocenters. The van der Waals surface area contributed by atoms with E-state index in [0.717, 1.165) is 0 Å². The Hall–Kier alpha value is -0.830. The number of phenols is 2. The highest BCUT2D eigenvalue weighted by atomic mass is 31.2. The first-order chi connectivity index (χ1) is 7.48. The summed E-state index contributed by atoms with van der Waals surface area (Å²) in [6.07, 6.45) is 0. The van der Waals surface area contributed by atoms with E-state index in [9.17, 15) is 10.2 Å². The van der Waals surface area contributed by atoms with Crippen LogP contribution in [0.15, 0.2) is 18.2 Å². The van der Waals surface area contributed by atoms with Gasteiger partial charge in [0.2, 0.25) is 8.38 Å². The van der Waals surface area contributed by atoms with Gasteiger partial charge in [0.25, 0.3) is 0 Å². The largest absolute Gasteiger partial charge is 0.508 e. The molecule has 0 aromatic heterocycles. The van der Waals surface area contributed by atoms with Crippen LogP contribution in [0, 0.1) is 5.41 Å². The summed E-state index contributed by atoms with van der Waals surface area (Å²) < 4.78 is 11.2. The summed E-state index contributed by atoms with van der Waals surface area (Å²) in [4.78, 5) is 0. The Morgan fingerprint density at radius 2 is 1.81 bits per heavy atom. The molecule has 0 amide bonds. The zero-order valence-corrected chi connectivity index (χ0v) is 10.2. The third-order valence-corrected chi connectivity index (χ3v) is 3.78. The second-order valence-corrected chi connectivity index (χ2v) is 6.15. The molecule has 0 bridgehead atoms. The van der Waals surface area contributed by atoms with Crippen LogP contribution in [0.4, 0.5) is 0 Å². The van der Waals surface area contributed by atoms with Gasteiger partial charge in [-0.05, 0) is 18.2 Å². The second kappa shape index (κ2) is 4.21. The average molecular weight is 242 g/mol. The van der Waals surface area contributed by atoms with Crippen molar-refractivity contribution in [2.24, 2.45) is 5.41 Å². The molecule has 1 aromatic rings. The van der Waals surface area contributed by atoms with Gasteiger partial charge in [0.05, 0.1) is 18.5 Å². The fraction of sp³-hybridized carbons (Fsp3) is 0.455. The van der Waals surface area contributed by atoms with E-state index in [1.54, 1.807) is 0 Å². The zero-order valence-electron chi connectivity index (χ0n) is 9.30. The summed E-state index contributed by atoms with van der Waals surface area (Å²) in [6, 6.07) is 4.36. The normalized spacial score (nSPS) is 20.9. The van der Waals surface area contributed by atoms with E-state index < -0.39 is 8.38 Å². The Morgan fingerprint density at radius 3 is 2.44 bits per heavy atom. The molecule has 1 saturated heterocycles. The molecule has 4 nitrogen and oxygen atoms in total. The Kier molecular flexibility index (Phi) is 3.06. The summed E-state index contributed by atoms with van der Waals surface area (Å²) in [6.45, 7) is 5.30. The smallest absolute Gasteiger partial charge is 0.209 e. The minimum absolute atomic E-state index is 0.00524. The molecular weight excluding hydrogens is 227 g/mol. The molecular formula is C11H15O4P. The van der Waals surface area contributed by atoms with Crippen molar-refractivity contribution in [3.8, 4) is 11.5 Å². The number of phenolic OH excluding ortho intramolecular Hbond substituents is 2. The van der Waals surface area contributed by atoms with Crippen LogP contribution < -0.4 is 5.30 Å². The van der Waals surface area contributed by atoms with Gasteiger partial charge in [-0.2, -0.15) is 0 Å². The Balaban J connectivity index is 2.17. The standard InChI is InChI=1S/C11H15O4P/c1-11(2)6-14-16(15-7-11)10-5-8(12)3-4-9(10)13/h3-5,12-13H,6-7H2,1-2H3. The monoisotopic (exact) mass is 242 g/mol. The quantitative estimate of drug-likeness (QED) is 0.585. The molecule has 0 radical (unpaired) electrons. The lowest BCUT2D eigenvalue weighted by molar-refractivity contribution is 0.0655. The fourth-order valence-corrected chi connectivity index (χ4v) is 3.13. The average Bonchev–Trinajstić information content (AvgIpc) is 2.22. The molecule has 0 atom stereocenters. The van der Waals surface area contributed by atoms with Crippen LogP contribution >= 0.6 is 8.38 Å². The predicted molar refractivity (Wildman–Crippen MR) is 62.0 cm³/mol. The Bertz CT molecular complexity index is 382. The van der Waals surface area contributed by atoms with Crippen molar-refractivity contribution in [1.29, 1.82) is 0 Å². The van der Waals surface area contributed by atoms with Gasteiger partial charge >= 0.3 is 0 Å². The van der Waals surface area contributed by atoms with E-state index in [0.29, 0.717) is 18.5 Å². The first-order valence-corrected chi connectivity index (χ1v) is 6.24. The van der Waals surface area contributed by atoms with Gasteiger partial charge in [-0.15, -0.1) is 0 Å². The highest BCUT2D eigenvalue weighted by Crippen LogP contribution is 2.47. The van der Waals surface area contributed by atoms with Crippen LogP contribution in [0.2, 0.25) is 0 Å². The molecule has 2 rings (SSSR count). The van der Waals surface area contributed by atoms with Crippen molar-refractivity contribution in [3.05, 3.63) is 18.2 Å². The van der Waals surface area contributed by atoms with E-state index in [4.69, 9.17) is 9.05 Å². The molecule has 0 saturated carbocycles.